The Morgan fingerprint density at radius 3 is 2.62 bits per heavy atom. The highest BCUT2D eigenvalue weighted by Gasteiger charge is 2.22. The molecule has 0 saturated carbocycles. The van der Waals surface area contributed by atoms with Gasteiger partial charge in [-0.3, -0.25) is 0 Å². The minimum absolute atomic E-state index is 0.109. The van der Waals surface area contributed by atoms with E-state index in [0.29, 0.717) is 5.58 Å². The highest BCUT2D eigenvalue weighted by atomic mass is 16.4. The molecule has 21 heavy (non-hydrogen) atoms. The van der Waals surface area contributed by atoms with Gasteiger partial charge in [0.05, 0.1) is 5.69 Å². The van der Waals surface area contributed by atoms with Gasteiger partial charge in [-0.2, -0.15) is 5.26 Å². The molecule has 0 aliphatic carbocycles. The number of nitriles is 1. The maximum Gasteiger partial charge on any atom is 0.356 e. The van der Waals surface area contributed by atoms with Crippen LogP contribution in [0.2, 0.25) is 0 Å². The summed E-state index contributed by atoms with van der Waals surface area (Å²) in [7, 11) is 2.07. The van der Waals surface area contributed by atoms with Crippen molar-refractivity contribution in [3.8, 4) is 6.07 Å². The molecular weight excluding hydrogens is 266 g/mol. The molecule has 0 N–H and O–H groups in total. The zero-order valence-electron chi connectivity index (χ0n) is 12.2. The Hall–Kier alpha value is -2.32. The summed E-state index contributed by atoms with van der Waals surface area (Å²) >= 11 is 0. The van der Waals surface area contributed by atoms with Crippen molar-refractivity contribution in [3.63, 3.8) is 0 Å². The standard InChI is InChI=1S/C16H17N3O2/c1-11-3-4-14-12(9-11)15(13(10-17)16(20)21-14)19-7-5-18(2)6-8-19/h3-4,9H,5-8H2,1-2H3. The molecule has 1 fully saturated rings. The molecule has 0 unspecified atom stereocenters. The molecule has 1 aliphatic rings. The number of benzene rings is 1. The van der Waals surface area contributed by atoms with Gasteiger partial charge in [-0.15, -0.1) is 0 Å². The van der Waals surface area contributed by atoms with E-state index in [1.165, 1.54) is 0 Å². The third-order valence-electron chi connectivity index (χ3n) is 3.97. The van der Waals surface area contributed by atoms with E-state index in [4.69, 9.17) is 4.42 Å². The van der Waals surface area contributed by atoms with E-state index in [-0.39, 0.29) is 5.56 Å². The molecule has 108 valence electrons. The zero-order chi connectivity index (χ0) is 15.0. The molecular formula is C16H17N3O2. The summed E-state index contributed by atoms with van der Waals surface area (Å²) in [5, 5.41) is 10.2. The Bertz CT molecular complexity index is 780. The highest BCUT2D eigenvalue weighted by molar-refractivity contribution is 5.93. The summed E-state index contributed by atoms with van der Waals surface area (Å²) < 4.78 is 5.28. The van der Waals surface area contributed by atoms with Crippen LogP contribution in [0.25, 0.3) is 11.0 Å². The Kier molecular flexibility index (Phi) is 3.40. The van der Waals surface area contributed by atoms with Crippen molar-refractivity contribution in [1.29, 1.82) is 5.26 Å². The van der Waals surface area contributed by atoms with Crippen molar-refractivity contribution in [1.82, 2.24) is 4.90 Å². The lowest BCUT2D eigenvalue weighted by Gasteiger charge is -2.34. The number of rotatable bonds is 1. The number of likely N-dealkylation sites (N-methyl/N-ethyl adjacent to an activating group) is 1. The molecule has 2 heterocycles. The first kappa shape index (κ1) is 13.7. The number of hydrogen-bond donors (Lipinski definition) is 0. The number of hydrogen-bond acceptors (Lipinski definition) is 5. The van der Waals surface area contributed by atoms with Gasteiger partial charge in [-0.05, 0) is 26.1 Å². The van der Waals surface area contributed by atoms with E-state index in [9.17, 15) is 10.1 Å². The predicted molar refractivity (Wildman–Crippen MR) is 81.6 cm³/mol. The normalized spacial score (nSPS) is 16.1. The number of aryl methyl sites for hydroxylation is 1. The molecule has 0 spiro atoms. The van der Waals surface area contributed by atoms with Gasteiger partial charge in [-0.25, -0.2) is 4.79 Å². The molecule has 0 amide bonds. The average molecular weight is 283 g/mol. The van der Waals surface area contributed by atoms with Crippen molar-refractivity contribution in [2.45, 2.75) is 6.92 Å². The lowest BCUT2D eigenvalue weighted by molar-refractivity contribution is 0.313. The SMILES string of the molecule is Cc1ccc2oc(=O)c(C#N)c(N3CCN(C)CC3)c2c1. The third kappa shape index (κ3) is 2.39. The zero-order valence-corrected chi connectivity index (χ0v) is 12.2. The Balaban J connectivity index is 2.25. The van der Waals surface area contributed by atoms with Crippen molar-refractivity contribution in [2.75, 3.05) is 38.1 Å². The van der Waals surface area contributed by atoms with Gasteiger partial charge in [0.15, 0.2) is 5.56 Å². The van der Waals surface area contributed by atoms with Crippen LogP contribution >= 0.6 is 0 Å². The van der Waals surface area contributed by atoms with Crippen molar-refractivity contribution >= 4 is 16.7 Å². The van der Waals surface area contributed by atoms with Crippen molar-refractivity contribution < 1.29 is 4.42 Å². The summed E-state index contributed by atoms with van der Waals surface area (Å²) in [6.07, 6.45) is 0. The predicted octanol–water partition coefficient (Wildman–Crippen LogP) is 1.72. The Morgan fingerprint density at radius 2 is 1.95 bits per heavy atom. The van der Waals surface area contributed by atoms with Gasteiger partial charge in [0.2, 0.25) is 0 Å². The first-order valence-corrected chi connectivity index (χ1v) is 7.01. The number of nitrogens with zero attached hydrogens (tertiary/aromatic N) is 3. The summed E-state index contributed by atoms with van der Waals surface area (Å²) in [6, 6.07) is 7.71. The van der Waals surface area contributed by atoms with Gasteiger partial charge in [0, 0.05) is 31.6 Å². The number of anilines is 1. The molecule has 5 nitrogen and oxygen atoms in total. The van der Waals surface area contributed by atoms with Crippen LogP contribution in [0.1, 0.15) is 11.1 Å². The summed E-state index contributed by atoms with van der Waals surface area (Å²) in [4.78, 5) is 16.4. The maximum atomic E-state index is 12.1. The van der Waals surface area contributed by atoms with Gasteiger partial charge in [0.25, 0.3) is 0 Å². The summed E-state index contributed by atoms with van der Waals surface area (Å²) in [5.41, 5.74) is 1.90. The topological polar surface area (TPSA) is 60.5 Å². The van der Waals surface area contributed by atoms with E-state index >= 15 is 0 Å². The molecule has 1 aliphatic heterocycles. The van der Waals surface area contributed by atoms with Gasteiger partial charge < -0.3 is 14.2 Å². The van der Waals surface area contributed by atoms with Crippen LogP contribution in [0, 0.1) is 18.3 Å². The second kappa shape index (κ2) is 5.23. The van der Waals surface area contributed by atoms with E-state index in [0.717, 1.165) is 42.8 Å². The first-order chi connectivity index (χ1) is 10.1. The Labute approximate surface area is 123 Å². The molecule has 0 atom stereocenters. The molecule has 1 aromatic heterocycles. The van der Waals surface area contributed by atoms with Crippen LogP contribution < -0.4 is 10.5 Å². The van der Waals surface area contributed by atoms with Crippen LogP contribution in [-0.4, -0.2) is 38.1 Å². The van der Waals surface area contributed by atoms with E-state index in [2.05, 4.69) is 16.8 Å². The van der Waals surface area contributed by atoms with Crippen molar-refractivity contribution in [2.24, 2.45) is 0 Å². The number of piperazine rings is 1. The minimum atomic E-state index is -0.553. The van der Waals surface area contributed by atoms with Gasteiger partial charge in [-0.1, -0.05) is 11.6 Å². The van der Waals surface area contributed by atoms with Gasteiger partial charge in [0.1, 0.15) is 11.7 Å². The first-order valence-electron chi connectivity index (χ1n) is 7.01. The van der Waals surface area contributed by atoms with Crippen LogP contribution in [0.15, 0.2) is 27.4 Å². The lowest BCUT2D eigenvalue weighted by atomic mass is 10.1. The number of fused-ring (bicyclic) bond motifs is 1. The molecule has 2 aromatic rings. The largest absolute Gasteiger partial charge is 0.422 e. The maximum absolute atomic E-state index is 12.1. The minimum Gasteiger partial charge on any atom is -0.422 e. The van der Waals surface area contributed by atoms with Crippen LogP contribution in [0.5, 0.6) is 0 Å². The third-order valence-corrected chi connectivity index (χ3v) is 3.97. The van der Waals surface area contributed by atoms with E-state index < -0.39 is 5.63 Å². The van der Waals surface area contributed by atoms with E-state index in [1.807, 2.05) is 25.1 Å². The molecule has 3 rings (SSSR count). The second-order valence-electron chi connectivity index (χ2n) is 5.51. The smallest absolute Gasteiger partial charge is 0.356 e. The fourth-order valence-electron chi connectivity index (χ4n) is 2.76. The molecule has 0 bridgehead atoms. The fourth-order valence-corrected chi connectivity index (χ4v) is 2.76. The quantitative estimate of drug-likeness (QED) is 0.746. The molecule has 1 saturated heterocycles. The second-order valence-corrected chi connectivity index (χ2v) is 5.51. The highest BCUT2D eigenvalue weighted by Crippen LogP contribution is 2.30. The fraction of sp³-hybridized carbons (Fsp3) is 0.375. The molecule has 0 radical (unpaired) electrons. The molecule has 5 heteroatoms. The van der Waals surface area contributed by atoms with E-state index in [1.54, 1.807) is 6.07 Å². The monoisotopic (exact) mass is 283 g/mol. The lowest BCUT2D eigenvalue weighted by Crippen LogP contribution is -2.45. The van der Waals surface area contributed by atoms with Crippen LogP contribution in [0.4, 0.5) is 5.69 Å². The molecule has 1 aromatic carbocycles. The van der Waals surface area contributed by atoms with Gasteiger partial charge >= 0.3 is 5.63 Å². The summed E-state index contributed by atoms with van der Waals surface area (Å²) in [5.74, 6) is 0. The van der Waals surface area contributed by atoms with Crippen LogP contribution in [0.3, 0.4) is 0 Å². The van der Waals surface area contributed by atoms with Crippen molar-refractivity contribution in [3.05, 3.63) is 39.7 Å². The van der Waals surface area contributed by atoms with Crippen LogP contribution in [-0.2, 0) is 0 Å². The summed E-state index contributed by atoms with van der Waals surface area (Å²) in [6.45, 7) is 5.43. The average Bonchev–Trinajstić information content (AvgIpc) is 2.47. The Morgan fingerprint density at radius 1 is 1.24 bits per heavy atom.